The van der Waals surface area contributed by atoms with Crippen molar-refractivity contribution in [2.45, 2.75) is 6.54 Å². The van der Waals surface area contributed by atoms with Gasteiger partial charge in [-0.1, -0.05) is 30.3 Å². The van der Waals surface area contributed by atoms with Gasteiger partial charge in [-0.3, -0.25) is 15.5 Å². The molecule has 1 aliphatic rings. The molecule has 1 aliphatic heterocycles. The zero-order valence-electron chi connectivity index (χ0n) is 8.51. The van der Waals surface area contributed by atoms with Crippen molar-refractivity contribution in [3.8, 4) is 0 Å². The molecule has 4 heteroatoms. The quantitative estimate of drug-likeness (QED) is 0.413. The van der Waals surface area contributed by atoms with E-state index in [4.69, 9.17) is 5.41 Å². The van der Waals surface area contributed by atoms with Crippen molar-refractivity contribution in [2.75, 3.05) is 6.54 Å². The van der Waals surface area contributed by atoms with Crippen molar-refractivity contribution >= 4 is 17.6 Å². The molecular formula is C12H9N2O2-. The normalized spacial score (nSPS) is 15.5. The largest absolute Gasteiger partial charge is 0.763 e. The predicted molar refractivity (Wildman–Crippen MR) is 58.7 cm³/mol. The van der Waals surface area contributed by atoms with Crippen molar-refractivity contribution in [3.05, 3.63) is 46.9 Å². The molecule has 16 heavy (non-hydrogen) atoms. The molecule has 0 spiro atoms. The lowest BCUT2D eigenvalue weighted by Crippen LogP contribution is -2.26. The maximum absolute atomic E-state index is 11.5. The fraction of sp³-hybridized carbons (Fsp3) is 0.167. The highest BCUT2D eigenvalue weighted by Crippen LogP contribution is 2.14. The predicted octanol–water partition coefficient (Wildman–Crippen LogP) is 0.763. The van der Waals surface area contributed by atoms with Crippen LogP contribution in [0.2, 0.25) is 0 Å². The first-order valence-corrected chi connectivity index (χ1v) is 4.86. The van der Waals surface area contributed by atoms with E-state index in [9.17, 15) is 9.59 Å². The minimum atomic E-state index is -0.668. The molecule has 0 saturated carbocycles. The van der Waals surface area contributed by atoms with Crippen LogP contribution in [-0.4, -0.2) is 29.0 Å². The molecule has 0 aliphatic carbocycles. The van der Waals surface area contributed by atoms with Crippen molar-refractivity contribution in [1.82, 2.24) is 4.90 Å². The van der Waals surface area contributed by atoms with Crippen LogP contribution >= 0.6 is 0 Å². The van der Waals surface area contributed by atoms with Gasteiger partial charge in [-0.05, 0) is 5.56 Å². The van der Waals surface area contributed by atoms with Gasteiger partial charge in [0.2, 0.25) is 0 Å². The highest BCUT2D eigenvalue weighted by Gasteiger charge is 2.32. The number of nitrogens with zero attached hydrogens (tertiary/aromatic N) is 2. The molecule has 1 aromatic rings. The molecule has 1 amide bonds. The number of hydrogen-bond acceptors (Lipinski definition) is 2. The minimum Gasteiger partial charge on any atom is -0.763 e. The van der Waals surface area contributed by atoms with Gasteiger partial charge in [0, 0.05) is 12.1 Å². The minimum absolute atomic E-state index is 0.0286. The van der Waals surface area contributed by atoms with Gasteiger partial charge < -0.3 is 10.3 Å². The Hall–Kier alpha value is -2.19. The Morgan fingerprint density at radius 3 is 2.50 bits per heavy atom. The Morgan fingerprint density at radius 2 is 1.94 bits per heavy atom. The van der Waals surface area contributed by atoms with E-state index in [1.54, 1.807) is 5.87 Å². The first-order chi connectivity index (χ1) is 7.72. The maximum atomic E-state index is 11.5. The molecule has 2 rings (SSSR count). The molecule has 4 nitrogen and oxygen atoms in total. The van der Waals surface area contributed by atoms with Gasteiger partial charge in [-0.25, -0.2) is 0 Å². The van der Waals surface area contributed by atoms with E-state index in [0.717, 1.165) is 5.56 Å². The lowest BCUT2D eigenvalue weighted by atomic mass is 10.2. The second kappa shape index (κ2) is 4.13. The van der Waals surface area contributed by atoms with Crippen LogP contribution in [0.1, 0.15) is 5.56 Å². The fourth-order valence-electron chi connectivity index (χ4n) is 1.62. The smallest absolute Gasteiger partial charge is 0.295 e. The third-order valence-corrected chi connectivity index (χ3v) is 2.46. The molecule has 0 aromatic heterocycles. The van der Waals surface area contributed by atoms with Crippen LogP contribution in [0.3, 0.4) is 0 Å². The number of benzene rings is 1. The summed E-state index contributed by atoms with van der Waals surface area (Å²) in [7, 11) is 0. The van der Waals surface area contributed by atoms with Crippen molar-refractivity contribution in [3.63, 3.8) is 0 Å². The summed E-state index contributed by atoms with van der Waals surface area (Å²) < 4.78 is 0. The van der Waals surface area contributed by atoms with Gasteiger partial charge >= 0.3 is 0 Å². The van der Waals surface area contributed by atoms with E-state index in [1.165, 1.54) is 4.90 Å². The Bertz CT molecular complexity index is 487. The second-order valence-corrected chi connectivity index (χ2v) is 3.57. The monoisotopic (exact) mass is 213 g/mol. The number of likely N-dealkylation sites (tertiary alicyclic amines) is 1. The molecule has 1 saturated heterocycles. The highest BCUT2D eigenvalue weighted by molar-refractivity contribution is 6.46. The lowest BCUT2D eigenvalue weighted by molar-refractivity contribution is -0.139. The Balaban J connectivity index is 2.17. The molecule has 0 atom stereocenters. The van der Waals surface area contributed by atoms with Crippen LogP contribution in [0, 0.1) is 0 Å². The first kappa shape index (κ1) is 10.3. The molecular weight excluding hydrogens is 204 g/mol. The standard InChI is InChI=1S/C12H9N2O2/c13-6-10-8-14(12(16)11(10)15)7-9-4-2-1-3-5-9/h1-5H,7-8H2/q-1. The summed E-state index contributed by atoms with van der Waals surface area (Å²) in [4.78, 5) is 24.2. The molecule has 1 heterocycles. The van der Waals surface area contributed by atoms with Crippen molar-refractivity contribution in [2.24, 2.45) is 0 Å². The molecule has 0 bridgehead atoms. The summed E-state index contributed by atoms with van der Waals surface area (Å²) in [5.74, 6) is 0.513. The van der Waals surface area contributed by atoms with E-state index in [2.05, 4.69) is 0 Å². The molecule has 1 fully saturated rings. The van der Waals surface area contributed by atoms with E-state index >= 15 is 0 Å². The number of carbonyl (C=O) groups excluding carboxylic acids is 2. The lowest BCUT2D eigenvalue weighted by Gasteiger charge is -2.13. The summed E-state index contributed by atoms with van der Waals surface area (Å²) in [6, 6.07) is 9.37. The third kappa shape index (κ3) is 1.78. The van der Waals surface area contributed by atoms with Crippen molar-refractivity contribution in [1.29, 1.82) is 0 Å². The topological polar surface area (TPSA) is 59.7 Å². The highest BCUT2D eigenvalue weighted by atomic mass is 16.2. The molecule has 0 N–H and O–H groups in total. The van der Waals surface area contributed by atoms with Gasteiger partial charge in [-0.15, -0.1) is 0 Å². The molecule has 0 unspecified atom stereocenters. The van der Waals surface area contributed by atoms with Crippen LogP contribution in [0.15, 0.2) is 35.9 Å². The van der Waals surface area contributed by atoms with Gasteiger partial charge in [0.15, 0.2) is 0 Å². The summed E-state index contributed by atoms with van der Waals surface area (Å²) >= 11 is 0. The van der Waals surface area contributed by atoms with Gasteiger partial charge in [-0.2, -0.15) is 0 Å². The second-order valence-electron chi connectivity index (χ2n) is 3.57. The number of rotatable bonds is 2. The molecule has 0 radical (unpaired) electrons. The molecule has 1 aromatic carbocycles. The average molecular weight is 213 g/mol. The number of ketones is 1. The Kier molecular flexibility index (Phi) is 2.66. The van der Waals surface area contributed by atoms with E-state index in [-0.39, 0.29) is 12.1 Å². The summed E-state index contributed by atoms with van der Waals surface area (Å²) in [6.45, 7) is 0.500. The van der Waals surface area contributed by atoms with Crippen LogP contribution in [-0.2, 0) is 16.1 Å². The van der Waals surface area contributed by atoms with Crippen LogP contribution < -0.4 is 0 Å². The van der Waals surface area contributed by atoms with E-state index in [0.29, 0.717) is 6.54 Å². The fourth-order valence-corrected chi connectivity index (χ4v) is 1.62. The van der Waals surface area contributed by atoms with Gasteiger partial charge in [0.1, 0.15) is 0 Å². The van der Waals surface area contributed by atoms with Gasteiger partial charge in [0.05, 0.1) is 6.54 Å². The number of hydrogen-bond donors (Lipinski definition) is 0. The average Bonchev–Trinajstić information content (AvgIpc) is 2.58. The first-order valence-electron chi connectivity index (χ1n) is 4.86. The zero-order valence-corrected chi connectivity index (χ0v) is 8.51. The number of carbonyl (C=O) groups is 2. The summed E-state index contributed by atoms with van der Waals surface area (Å²) in [5.41, 5.74) is 0.976. The van der Waals surface area contributed by atoms with Crippen molar-refractivity contribution < 1.29 is 9.59 Å². The zero-order chi connectivity index (χ0) is 11.5. The number of amides is 1. The SMILES string of the molecule is [N-]=C=C1CN(Cc2ccccc2)C(=O)C1=O. The Morgan fingerprint density at radius 1 is 1.25 bits per heavy atom. The number of Topliss-reactive ketones (excluding diaryl/α,β-unsaturated/α-hetero) is 1. The van der Waals surface area contributed by atoms with E-state index < -0.39 is 11.7 Å². The van der Waals surface area contributed by atoms with Crippen LogP contribution in [0.4, 0.5) is 0 Å². The maximum Gasteiger partial charge on any atom is 0.295 e. The summed E-state index contributed by atoms with van der Waals surface area (Å²) in [6.07, 6.45) is 0. The Labute approximate surface area is 92.7 Å². The third-order valence-electron chi connectivity index (χ3n) is 2.46. The molecule has 80 valence electrons. The summed E-state index contributed by atoms with van der Waals surface area (Å²) in [5, 5.41) is 8.65. The van der Waals surface area contributed by atoms with E-state index in [1.807, 2.05) is 30.3 Å². The van der Waals surface area contributed by atoms with Gasteiger partial charge in [0.25, 0.3) is 11.7 Å². The van der Waals surface area contributed by atoms with Crippen LogP contribution in [0.5, 0.6) is 0 Å². The van der Waals surface area contributed by atoms with Crippen LogP contribution in [0.25, 0.3) is 5.41 Å².